The van der Waals surface area contributed by atoms with Crippen LogP contribution < -0.4 is 10.0 Å². The van der Waals surface area contributed by atoms with E-state index in [9.17, 15) is 17.8 Å². The molecule has 3 rings (SSSR count). The Hall–Kier alpha value is -2.52. The van der Waals surface area contributed by atoms with Crippen molar-refractivity contribution < 1.29 is 17.8 Å². The Labute approximate surface area is 143 Å². The third-order valence-corrected chi connectivity index (χ3v) is 5.44. The van der Waals surface area contributed by atoms with E-state index < -0.39 is 27.5 Å². The predicted molar refractivity (Wildman–Crippen MR) is 90.5 cm³/mol. The summed E-state index contributed by atoms with van der Waals surface area (Å²) in [4.78, 5) is 12.8. The van der Waals surface area contributed by atoms with Gasteiger partial charge in [0.15, 0.2) is 11.6 Å². The van der Waals surface area contributed by atoms with Gasteiger partial charge in [0.25, 0.3) is 5.91 Å². The maximum atomic E-state index is 13.3. The summed E-state index contributed by atoms with van der Waals surface area (Å²) < 4.78 is 51.1. The Bertz CT molecular complexity index is 996. The van der Waals surface area contributed by atoms with Crippen molar-refractivity contribution in [2.45, 2.75) is 17.9 Å². The average Bonchev–Trinajstić information content (AvgIpc) is 2.81. The van der Waals surface area contributed by atoms with Crippen LogP contribution in [-0.2, 0) is 17.0 Å². The summed E-state index contributed by atoms with van der Waals surface area (Å²) in [6.45, 7) is 1.75. The lowest BCUT2D eigenvalue weighted by Crippen LogP contribution is -2.29. The number of carbonyl (C=O) groups is 1. The number of benzene rings is 1. The highest BCUT2D eigenvalue weighted by Crippen LogP contribution is 2.27. The summed E-state index contributed by atoms with van der Waals surface area (Å²) in [7, 11) is -1.69. The molecule has 1 aliphatic rings. The third-order valence-electron chi connectivity index (χ3n) is 3.79. The van der Waals surface area contributed by atoms with E-state index in [0.29, 0.717) is 5.56 Å². The number of nitrogens with one attached hydrogen (secondary N) is 3. The van der Waals surface area contributed by atoms with Crippen LogP contribution >= 0.6 is 0 Å². The van der Waals surface area contributed by atoms with E-state index >= 15 is 0 Å². The normalized spacial score (nSPS) is 22.3. The van der Waals surface area contributed by atoms with Gasteiger partial charge in [0.2, 0.25) is 0 Å². The highest BCUT2D eigenvalue weighted by Gasteiger charge is 2.27. The first-order valence-electron chi connectivity index (χ1n) is 7.39. The number of anilines is 1. The summed E-state index contributed by atoms with van der Waals surface area (Å²) in [5.41, 5.74) is 0.626. The molecule has 0 bridgehead atoms. The molecule has 25 heavy (non-hydrogen) atoms. The van der Waals surface area contributed by atoms with Gasteiger partial charge < -0.3 is 9.88 Å². The predicted octanol–water partition coefficient (Wildman–Crippen LogP) is 2.88. The molecule has 1 amide bonds. The standard InChI is InChI=1S/C16H16F2N4O2S/c1-9-3-5-11-14(25(19,24)21-9)8-22(2)15(11)16(23)20-10-4-6-12(17)13(18)7-10/h3-9H,1-2H3,(H,20,23)(H2,19,21,24)/t9-,25?/m0/s1. The molecule has 2 aromatic rings. The molecule has 132 valence electrons. The molecular weight excluding hydrogens is 350 g/mol. The molecule has 3 N–H and O–H groups in total. The van der Waals surface area contributed by atoms with Crippen molar-refractivity contribution in [1.82, 2.24) is 9.29 Å². The first-order valence-corrected chi connectivity index (χ1v) is 8.95. The number of hydrogen-bond donors (Lipinski definition) is 3. The molecule has 6 nitrogen and oxygen atoms in total. The fourth-order valence-electron chi connectivity index (χ4n) is 2.66. The van der Waals surface area contributed by atoms with Crippen molar-refractivity contribution in [2.75, 3.05) is 5.32 Å². The highest BCUT2D eigenvalue weighted by molar-refractivity contribution is 7.90. The van der Waals surface area contributed by atoms with Gasteiger partial charge in [-0.05, 0) is 19.1 Å². The van der Waals surface area contributed by atoms with Crippen molar-refractivity contribution in [3.05, 3.63) is 53.4 Å². The summed E-state index contributed by atoms with van der Waals surface area (Å²) in [6.07, 6.45) is 4.79. The maximum Gasteiger partial charge on any atom is 0.272 e. The van der Waals surface area contributed by atoms with Crippen LogP contribution in [0.1, 0.15) is 23.0 Å². The molecule has 1 unspecified atom stereocenters. The lowest BCUT2D eigenvalue weighted by molar-refractivity contribution is 0.101. The van der Waals surface area contributed by atoms with Gasteiger partial charge in [-0.1, -0.05) is 12.2 Å². The van der Waals surface area contributed by atoms with Crippen LogP contribution in [0.2, 0.25) is 0 Å². The number of carbonyl (C=O) groups excluding carboxylic acids is 1. The molecule has 0 spiro atoms. The van der Waals surface area contributed by atoms with Crippen LogP contribution in [0.15, 0.2) is 35.4 Å². The van der Waals surface area contributed by atoms with Crippen molar-refractivity contribution in [2.24, 2.45) is 7.05 Å². The van der Waals surface area contributed by atoms with E-state index in [1.54, 1.807) is 26.1 Å². The van der Waals surface area contributed by atoms with Crippen LogP contribution in [0.3, 0.4) is 0 Å². The minimum Gasteiger partial charge on any atom is -0.345 e. The molecule has 0 saturated carbocycles. The van der Waals surface area contributed by atoms with Crippen molar-refractivity contribution in [3.63, 3.8) is 0 Å². The minimum atomic E-state index is -3.27. The third kappa shape index (κ3) is 3.20. The molecular formula is C16H16F2N4O2S. The van der Waals surface area contributed by atoms with Crippen molar-refractivity contribution >= 4 is 27.6 Å². The molecule has 0 radical (unpaired) electrons. The number of halogens is 2. The Morgan fingerprint density at radius 1 is 1.36 bits per heavy atom. The second kappa shape index (κ2) is 6.08. The topological polar surface area (TPSA) is 87.0 Å². The first-order chi connectivity index (χ1) is 11.7. The summed E-state index contributed by atoms with van der Waals surface area (Å²) >= 11 is 0. The van der Waals surface area contributed by atoms with Gasteiger partial charge in [0, 0.05) is 36.6 Å². The van der Waals surface area contributed by atoms with Gasteiger partial charge >= 0.3 is 0 Å². The number of aryl methyl sites for hydroxylation is 1. The van der Waals surface area contributed by atoms with Crippen LogP contribution in [-0.4, -0.2) is 20.7 Å². The van der Waals surface area contributed by atoms with E-state index in [1.165, 1.54) is 16.8 Å². The SMILES string of the molecule is C[C@H]1C=Cc2c(cn(C)c2C(=O)Nc2ccc(F)c(F)c2)S(=N)(=O)N1. The second-order valence-corrected chi connectivity index (χ2v) is 7.56. The van der Waals surface area contributed by atoms with Crippen LogP contribution in [0, 0.1) is 16.4 Å². The van der Waals surface area contributed by atoms with E-state index in [1.807, 2.05) is 0 Å². The molecule has 1 aromatic carbocycles. The van der Waals surface area contributed by atoms with Gasteiger partial charge in [-0.25, -0.2) is 22.5 Å². The second-order valence-electron chi connectivity index (χ2n) is 5.77. The minimum absolute atomic E-state index is 0.0922. The zero-order valence-corrected chi connectivity index (χ0v) is 14.3. The van der Waals surface area contributed by atoms with Crippen molar-refractivity contribution in [3.8, 4) is 0 Å². The first kappa shape index (κ1) is 17.3. The largest absolute Gasteiger partial charge is 0.345 e. The smallest absolute Gasteiger partial charge is 0.272 e. The monoisotopic (exact) mass is 366 g/mol. The van der Waals surface area contributed by atoms with Gasteiger partial charge in [-0.2, -0.15) is 0 Å². The molecule has 0 saturated heterocycles. The lowest BCUT2D eigenvalue weighted by atomic mass is 10.2. The molecule has 1 aromatic heterocycles. The van der Waals surface area contributed by atoms with Crippen molar-refractivity contribution in [1.29, 1.82) is 4.78 Å². The van der Waals surface area contributed by atoms with Gasteiger partial charge in [-0.15, -0.1) is 0 Å². The maximum absolute atomic E-state index is 13.3. The fourth-order valence-corrected chi connectivity index (χ4v) is 4.17. The zero-order valence-electron chi connectivity index (χ0n) is 13.5. The molecule has 1 aliphatic heterocycles. The summed E-state index contributed by atoms with van der Waals surface area (Å²) in [6, 6.07) is 2.73. The van der Waals surface area contributed by atoms with E-state index in [0.717, 1.165) is 12.1 Å². The molecule has 9 heteroatoms. The van der Waals surface area contributed by atoms with E-state index in [-0.39, 0.29) is 22.3 Å². The number of amides is 1. The van der Waals surface area contributed by atoms with Gasteiger partial charge in [-0.3, -0.25) is 4.79 Å². The Morgan fingerprint density at radius 3 is 2.76 bits per heavy atom. The number of nitrogens with zero attached hydrogens (tertiary/aromatic N) is 1. The number of fused-ring (bicyclic) bond motifs is 1. The number of hydrogen-bond acceptors (Lipinski definition) is 3. The Kier molecular flexibility index (Phi) is 4.21. The number of rotatable bonds is 2. The average molecular weight is 366 g/mol. The molecule has 0 fully saturated rings. The summed E-state index contributed by atoms with van der Waals surface area (Å²) in [5, 5.41) is 2.49. The zero-order chi connectivity index (χ0) is 18.4. The van der Waals surface area contributed by atoms with Crippen LogP contribution in [0.4, 0.5) is 14.5 Å². The lowest BCUT2D eigenvalue weighted by Gasteiger charge is -2.09. The van der Waals surface area contributed by atoms with E-state index in [2.05, 4.69) is 10.0 Å². The molecule has 0 aliphatic carbocycles. The molecule has 2 heterocycles. The van der Waals surface area contributed by atoms with Gasteiger partial charge in [0.1, 0.15) is 15.6 Å². The quantitative estimate of drug-likeness (QED) is 0.763. The Morgan fingerprint density at radius 2 is 2.08 bits per heavy atom. The van der Waals surface area contributed by atoms with Crippen LogP contribution in [0.5, 0.6) is 0 Å². The Balaban J connectivity index is 2.03. The fraction of sp³-hybridized carbons (Fsp3) is 0.188. The van der Waals surface area contributed by atoms with Crippen LogP contribution in [0.25, 0.3) is 6.08 Å². The highest BCUT2D eigenvalue weighted by atomic mass is 32.2. The summed E-state index contributed by atoms with van der Waals surface area (Å²) in [5.74, 6) is -2.66. The number of aromatic nitrogens is 1. The molecule has 2 atom stereocenters. The van der Waals surface area contributed by atoms with E-state index in [4.69, 9.17) is 4.78 Å². The van der Waals surface area contributed by atoms with Gasteiger partial charge in [0.05, 0.1) is 4.90 Å².